The molecule has 0 aliphatic heterocycles. The Morgan fingerprint density at radius 1 is 1.39 bits per heavy atom. The van der Waals surface area contributed by atoms with Crippen LogP contribution in [0.5, 0.6) is 0 Å². The number of carboxylic acids is 1. The van der Waals surface area contributed by atoms with Gasteiger partial charge in [-0.1, -0.05) is 19.8 Å². The van der Waals surface area contributed by atoms with Gasteiger partial charge in [-0.15, -0.1) is 0 Å². The van der Waals surface area contributed by atoms with Gasteiger partial charge in [-0.2, -0.15) is 0 Å². The van der Waals surface area contributed by atoms with E-state index in [9.17, 15) is 9.59 Å². The number of hydrogen-bond acceptors (Lipinski definition) is 3. The van der Waals surface area contributed by atoms with Gasteiger partial charge >= 0.3 is 12.0 Å². The molecule has 2 amide bonds. The van der Waals surface area contributed by atoms with Gasteiger partial charge in [-0.05, 0) is 6.42 Å². The average molecular weight is 260 g/mol. The first-order valence-electron chi connectivity index (χ1n) is 6.24. The molecule has 0 rings (SSSR count). The molecule has 0 heterocycles. The molecule has 0 aromatic rings. The molecule has 0 saturated carbocycles. The van der Waals surface area contributed by atoms with Gasteiger partial charge in [0.05, 0.1) is 12.5 Å². The summed E-state index contributed by atoms with van der Waals surface area (Å²) in [6, 6.07) is -0.196. The molecule has 6 heteroatoms. The van der Waals surface area contributed by atoms with Crippen molar-refractivity contribution in [1.82, 2.24) is 10.2 Å². The zero-order chi connectivity index (χ0) is 14.0. The number of rotatable bonds is 9. The number of unbranched alkanes of at least 4 members (excludes halogenated alkanes) is 2. The number of nitrogens with zero attached hydrogens (tertiary/aromatic N) is 1. The lowest BCUT2D eigenvalue weighted by Gasteiger charge is -2.20. The van der Waals surface area contributed by atoms with E-state index >= 15 is 0 Å². The fourth-order valence-electron chi connectivity index (χ4n) is 1.47. The summed E-state index contributed by atoms with van der Waals surface area (Å²) < 4.78 is 4.98. The number of methoxy groups -OCH3 is 1. The predicted molar refractivity (Wildman–Crippen MR) is 68.6 cm³/mol. The van der Waals surface area contributed by atoms with E-state index in [1.807, 2.05) is 0 Å². The largest absolute Gasteiger partial charge is 0.481 e. The lowest BCUT2D eigenvalue weighted by molar-refractivity contribution is -0.139. The molecule has 0 radical (unpaired) electrons. The number of hydrogen-bond donors (Lipinski definition) is 2. The van der Waals surface area contributed by atoms with Crippen molar-refractivity contribution in [3.63, 3.8) is 0 Å². The fraction of sp³-hybridized carbons (Fsp3) is 0.833. The van der Waals surface area contributed by atoms with Crippen LogP contribution >= 0.6 is 0 Å². The number of amides is 2. The first-order chi connectivity index (χ1) is 8.51. The van der Waals surface area contributed by atoms with Crippen molar-refractivity contribution in [3.05, 3.63) is 0 Å². The first kappa shape index (κ1) is 16.7. The Bertz CT molecular complexity index is 258. The van der Waals surface area contributed by atoms with Crippen molar-refractivity contribution >= 4 is 12.0 Å². The molecule has 1 unspecified atom stereocenters. The summed E-state index contributed by atoms with van der Waals surface area (Å²) in [5, 5.41) is 11.3. The molecule has 18 heavy (non-hydrogen) atoms. The maximum absolute atomic E-state index is 11.7. The number of aliphatic carboxylic acids is 1. The van der Waals surface area contributed by atoms with Crippen molar-refractivity contribution in [2.75, 3.05) is 27.2 Å². The van der Waals surface area contributed by atoms with E-state index < -0.39 is 12.1 Å². The Kier molecular flexibility index (Phi) is 9.00. The molecule has 0 bridgehead atoms. The molecular formula is C12H24N2O4. The molecule has 0 spiro atoms. The van der Waals surface area contributed by atoms with Crippen LogP contribution in [0.3, 0.4) is 0 Å². The Hall–Kier alpha value is -1.30. The molecule has 1 atom stereocenters. The van der Waals surface area contributed by atoms with Crippen LogP contribution in [0.1, 0.15) is 32.6 Å². The number of carbonyl (C=O) groups is 2. The van der Waals surface area contributed by atoms with Crippen molar-refractivity contribution < 1.29 is 19.4 Å². The van der Waals surface area contributed by atoms with Crippen molar-refractivity contribution in [2.45, 2.75) is 38.7 Å². The van der Waals surface area contributed by atoms with Crippen LogP contribution in [0.15, 0.2) is 0 Å². The van der Waals surface area contributed by atoms with Crippen molar-refractivity contribution in [3.8, 4) is 0 Å². The van der Waals surface area contributed by atoms with Crippen molar-refractivity contribution in [1.29, 1.82) is 0 Å². The van der Waals surface area contributed by atoms with E-state index in [4.69, 9.17) is 9.84 Å². The minimum atomic E-state index is -0.938. The van der Waals surface area contributed by atoms with Crippen LogP contribution in [0.2, 0.25) is 0 Å². The highest BCUT2D eigenvalue weighted by molar-refractivity contribution is 5.74. The summed E-state index contributed by atoms with van der Waals surface area (Å²) in [5.41, 5.74) is 0. The van der Waals surface area contributed by atoms with E-state index in [0.717, 1.165) is 19.3 Å². The monoisotopic (exact) mass is 260 g/mol. The van der Waals surface area contributed by atoms with Crippen LogP contribution in [-0.4, -0.2) is 55.4 Å². The lowest BCUT2D eigenvalue weighted by Crippen LogP contribution is -2.42. The average Bonchev–Trinajstić information content (AvgIpc) is 2.33. The second-order valence-corrected chi connectivity index (χ2v) is 4.27. The fourth-order valence-corrected chi connectivity index (χ4v) is 1.47. The van der Waals surface area contributed by atoms with Crippen LogP contribution in [0.25, 0.3) is 0 Å². The summed E-state index contributed by atoms with van der Waals surface area (Å²) in [4.78, 5) is 23.8. The second kappa shape index (κ2) is 9.70. The molecule has 6 nitrogen and oxygen atoms in total. The van der Waals surface area contributed by atoms with E-state index in [1.165, 1.54) is 7.11 Å². The number of ether oxygens (including phenoxy) is 1. The van der Waals surface area contributed by atoms with Gasteiger partial charge in [0.2, 0.25) is 0 Å². The van der Waals surface area contributed by atoms with Crippen LogP contribution < -0.4 is 5.32 Å². The predicted octanol–water partition coefficient (Wildman–Crippen LogP) is 1.31. The molecule has 106 valence electrons. The Labute approximate surface area is 108 Å². The zero-order valence-corrected chi connectivity index (χ0v) is 11.4. The Balaban J connectivity index is 3.88. The van der Waals surface area contributed by atoms with Crippen LogP contribution in [0.4, 0.5) is 4.79 Å². The van der Waals surface area contributed by atoms with Crippen molar-refractivity contribution in [2.24, 2.45) is 0 Å². The summed E-state index contributed by atoms with van der Waals surface area (Å²) >= 11 is 0. The normalized spacial score (nSPS) is 11.9. The zero-order valence-electron chi connectivity index (χ0n) is 11.4. The quantitative estimate of drug-likeness (QED) is 0.613. The first-order valence-corrected chi connectivity index (χ1v) is 6.24. The molecule has 0 aromatic heterocycles. The standard InChI is InChI=1S/C12H24N2O4/c1-4-5-6-7-14(2)12(17)13-9-10(18-3)8-11(15)16/h10H,4-9H2,1-3H3,(H,13,17)(H,15,16). The van der Waals surface area contributed by atoms with Gasteiger partial charge in [-0.25, -0.2) is 4.79 Å². The van der Waals surface area contributed by atoms with Crippen LogP contribution in [-0.2, 0) is 9.53 Å². The van der Waals surface area contributed by atoms with E-state index in [-0.39, 0.29) is 19.0 Å². The minimum absolute atomic E-state index is 0.115. The lowest BCUT2D eigenvalue weighted by atomic mass is 10.2. The topological polar surface area (TPSA) is 78.9 Å². The summed E-state index contributed by atoms with van der Waals surface area (Å²) in [5.74, 6) is -0.938. The van der Waals surface area contributed by atoms with E-state index in [2.05, 4.69) is 12.2 Å². The van der Waals surface area contributed by atoms with Gasteiger partial charge in [0.1, 0.15) is 0 Å². The van der Waals surface area contributed by atoms with Gasteiger partial charge in [0.15, 0.2) is 0 Å². The highest BCUT2D eigenvalue weighted by Crippen LogP contribution is 1.98. The molecule has 0 aromatic carbocycles. The van der Waals surface area contributed by atoms with Gasteiger partial charge in [0.25, 0.3) is 0 Å². The maximum Gasteiger partial charge on any atom is 0.317 e. The van der Waals surface area contributed by atoms with E-state index in [1.54, 1.807) is 11.9 Å². The molecule has 0 saturated heterocycles. The molecule has 0 fully saturated rings. The smallest absolute Gasteiger partial charge is 0.317 e. The number of carbonyl (C=O) groups excluding carboxylic acids is 1. The Morgan fingerprint density at radius 2 is 2.06 bits per heavy atom. The summed E-state index contributed by atoms with van der Waals surface area (Å²) in [6.07, 6.45) is 2.58. The number of nitrogens with one attached hydrogen (secondary N) is 1. The molecule has 2 N–H and O–H groups in total. The summed E-state index contributed by atoms with van der Waals surface area (Å²) in [6.45, 7) is 3.02. The third-order valence-electron chi connectivity index (χ3n) is 2.66. The maximum atomic E-state index is 11.7. The molecular weight excluding hydrogens is 236 g/mol. The van der Waals surface area contributed by atoms with Gasteiger partial charge in [-0.3, -0.25) is 4.79 Å². The number of carboxylic acid groups (broad SMARTS) is 1. The highest BCUT2D eigenvalue weighted by Gasteiger charge is 2.14. The van der Waals surface area contributed by atoms with Crippen LogP contribution in [0, 0.1) is 0 Å². The number of urea groups is 1. The molecule has 0 aliphatic carbocycles. The highest BCUT2D eigenvalue weighted by atomic mass is 16.5. The Morgan fingerprint density at radius 3 is 2.56 bits per heavy atom. The third kappa shape index (κ3) is 7.89. The second-order valence-electron chi connectivity index (χ2n) is 4.27. The van der Waals surface area contributed by atoms with E-state index in [0.29, 0.717) is 6.54 Å². The van der Waals surface area contributed by atoms with Gasteiger partial charge in [0, 0.05) is 27.2 Å². The minimum Gasteiger partial charge on any atom is -0.481 e. The third-order valence-corrected chi connectivity index (χ3v) is 2.66. The van der Waals surface area contributed by atoms with Gasteiger partial charge < -0.3 is 20.1 Å². The SMILES string of the molecule is CCCCCN(C)C(=O)NCC(CC(=O)O)OC. The molecule has 0 aliphatic rings. The summed E-state index contributed by atoms with van der Waals surface area (Å²) in [7, 11) is 3.16.